The zero-order chi connectivity index (χ0) is 13.2. The average Bonchev–Trinajstić information content (AvgIpc) is 3.12. The van der Waals surface area contributed by atoms with E-state index >= 15 is 0 Å². The molecule has 0 aliphatic heterocycles. The predicted molar refractivity (Wildman–Crippen MR) is 72.5 cm³/mol. The van der Waals surface area contributed by atoms with Gasteiger partial charge in [-0.3, -0.25) is 0 Å². The smallest absolute Gasteiger partial charge is 0.257 e. The lowest BCUT2D eigenvalue weighted by atomic mass is 10.6. The van der Waals surface area contributed by atoms with E-state index in [1.165, 1.54) is 12.8 Å². The SMILES string of the molecule is CCNc1nc(N(C)C2CC2)nc(-n2cccn2)n1. The molecular formula is C12H17N7. The Balaban J connectivity index is 1.98. The minimum atomic E-state index is 0.540. The van der Waals surface area contributed by atoms with Crippen molar-refractivity contribution in [3.05, 3.63) is 18.5 Å². The molecule has 100 valence electrons. The van der Waals surface area contributed by atoms with Crippen molar-refractivity contribution < 1.29 is 0 Å². The minimum absolute atomic E-state index is 0.540. The molecule has 2 aromatic rings. The summed E-state index contributed by atoms with van der Waals surface area (Å²) in [5.41, 5.74) is 0. The Morgan fingerprint density at radius 2 is 2.21 bits per heavy atom. The van der Waals surface area contributed by atoms with Crippen LogP contribution in [0, 0.1) is 0 Å². The van der Waals surface area contributed by atoms with E-state index in [9.17, 15) is 0 Å². The molecule has 19 heavy (non-hydrogen) atoms. The predicted octanol–water partition coefficient (Wildman–Crippen LogP) is 1.09. The topological polar surface area (TPSA) is 71.8 Å². The van der Waals surface area contributed by atoms with Gasteiger partial charge in [0.05, 0.1) is 0 Å². The van der Waals surface area contributed by atoms with Crippen molar-refractivity contribution in [3.8, 4) is 5.95 Å². The summed E-state index contributed by atoms with van der Waals surface area (Å²) in [7, 11) is 2.02. The first-order valence-electron chi connectivity index (χ1n) is 6.50. The van der Waals surface area contributed by atoms with Gasteiger partial charge in [0.2, 0.25) is 11.9 Å². The van der Waals surface area contributed by atoms with Gasteiger partial charge in [0.15, 0.2) is 0 Å². The molecule has 0 unspecified atom stereocenters. The van der Waals surface area contributed by atoms with Crippen LogP contribution in [0.3, 0.4) is 0 Å². The van der Waals surface area contributed by atoms with Crippen molar-refractivity contribution in [2.45, 2.75) is 25.8 Å². The molecule has 0 atom stereocenters. The maximum atomic E-state index is 4.48. The van der Waals surface area contributed by atoms with E-state index in [4.69, 9.17) is 0 Å². The molecule has 1 aliphatic carbocycles. The third-order valence-electron chi connectivity index (χ3n) is 3.07. The van der Waals surface area contributed by atoms with E-state index < -0.39 is 0 Å². The standard InChI is InChI=1S/C12H17N7/c1-3-13-10-15-11(18(2)9-5-6-9)17-12(16-10)19-8-4-7-14-19/h4,7-9H,3,5-6H2,1-2H3,(H,13,15,16,17). The van der Waals surface area contributed by atoms with Gasteiger partial charge in [-0.15, -0.1) is 0 Å². The number of anilines is 2. The van der Waals surface area contributed by atoms with Crippen LogP contribution in [0.25, 0.3) is 5.95 Å². The quantitative estimate of drug-likeness (QED) is 0.866. The first kappa shape index (κ1) is 11.9. The average molecular weight is 259 g/mol. The van der Waals surface area contributed by atoms with Crippen molar-refractivity contribution in [1.29, 1.82) is 0 Å². The highest BCUT2D eigenvalue weighted by Crippen LogP contribution is 2.28. The van der Waals surface area contributed by atoms with E-state index in [-0.39, 0.29) is 0 Å². The molecule has 0 radical (unpaired) electrons. The Morgan fingerprint density at radius 1 is 1.37 bits per heavy atom. The van der Waals surface area contributed by atoms with Gasteiger partial charge in [-0.2, -0.15) is 20.1 Å². The number of aromatic nitrogens is 5. The second-order valence-corrected chi connectivity index (χ2v) is 4.58. The first-order valence-corrected chi connectivity index (χ1v) is 6.50. The van der Waals surface area contributed by atoms with Crippen molar-refractivity contribution in [3.63, 3.8) is 0 Å². The lowest BCUT2D eigenvalue weighted by Gasteiger charge is -2.17. The molecule has 7 nitrogen and oxygen atoms in total. The Kier molecular flexibility index (Phi) is 3.02. The Bertz CT molecular complexity index is 547. The van der Waals surface area contributed by atoms with Crippen molar-refractivity contribution in [2.24, 2.45) is 0 Å². The van der Waals surface area contributed by atoms with Crippen LogP contribution in [-0.2, 0) is 0 Å². The third-order valence-corrected chi connectivity index (χ3v) is 3.07. The van der Waals surface area contributed by atoms with Crippen molar-refractivity contribution >= 4 is 11.9 Å². The summed E-state index contributed by atoms with van der Waals surface area (Å²) in [4.78, 5) is 15.4. The van der Waals surface area contributed by atoms with Gasteiger partial charge < -0.3 is 10.2 Å². The molecule has 1 N–H and O–H groups in total. The fourth-order valence-electron chi connectivity index (χ4n) is 1.86. The summed E-state index contributed by atoms with van der Waals surface area (Å²) in [6.45, 7) is 2.79. The van der Waals surface area contributed by atoms with Crippen LogP contribution in [-0.4, -0.2) is 44.4 Å². The second-order valence-electron chi connectivity index (χ2n) is 4.58. The molecule has 0 spiro atoms. The van der Waals surface area contributed by atoms with Gasteiger partial charge in [0.25, 0.3) is 5.95 Å². The first-order chi connectivity index (χ1) is 9.28. The van der Waals surface area contributed by atoms with E-state index in [0.29, 0.717) is 23.9 Å². The molecule has 7 heteroatoms. The number of hydrogen-bond donors (Lipinski definition) is 1. The molecule has 0 aromatic carbocycles. The highest BCUT2D eigenvalue weighted by Gasteiger charge is 2.28. The highest BCUT2D eigenvalue weighted by atomic mass is 15.4. The Hall–Kier alpha value is -2.18. The van der Waals surface area contributed by atoms with Gasteiger partial charge in [0, 0.05) is 32.0 Å². The molecule has 0 amide bonds. The molecule has 1 fully saturated rings. The van der Waals surface area contributed by atoms with Crippen LogP contribution in [0.5, 0.6) is 0 Å². The summed E-state index contributed by atoms with van der Waals surface area (Å²) in [6.07, 6.45) is 5.94. The van der Waals surface area contributed by atoms with Gasteiger partial charge in [0.1, 0.15) is 0 Å². The second kappa shape index (κ2) is 4.83. The zero-order valence-electron chi connectivity index (χ0n) is 11.1. The lowest BCUT2D eigenvalue weighted by Crippen LogP contribution is -2.24. The van der Waals surface area contributed by atoms with Gasteiger partial charge >= 0.3 is 0 Å². The summed E-state index contributed by atoms with van der Waals surface area (Å²) in [6, 6.07) is 2.41. The zero-order valence-corrected chi connectivity index (χ0v) is 11.1. The fourth-order valence-corrected chi connectivity index (χ4v) is 1.86. The molecular weight excluding hydrogens is 242 g/mol. The van der Waals surface area contributed by atoms with Crippen LogP contribution in [0.2, 0.25) is 0 Å². The molecule has 0 saturated heterocycles. The summed E-state index contributed by atoms with van der Waals surface area (Å²) in [5.74, 6) is 1.82. The van der Waals surface area contributed by atoms with Gasteiger partial charge in [-0.25, -0.2) is 4.68 Å². The van der Waals surface area contributed by atoms with Crippen LogP contribution in [0.4, 0.5) is 11.9 Å². The lowest BCUT2D eigenvalue weighted by molar-refractivity contribution is 0.773. The van der Waals surface area contributed by atoms with E-state index in [1.807, 2.05) is 26.2 Å². The number of rotatable bonds is 5. The molecule has 1 saturated carbocycles. The van der Waals surface area contributed by atoms with Gasteiger partial charge in [-0.1, -0.05) is 0 Å². The third kappa shape index (κ3) is 2.49. The Labute approximate surface area is 111 Å². The molecule has 3 rings (SSSR count). The summed E-state index contributed by atoms with van der Waals surface area (Å²) in [5, 5.41) is 7.30. The van der Waals surface area contributed by atoms with Crippen LogP contribution < -0.4 is 10.2 Å². The van der Waals surface area contributed by atoms with Crippen LogP contribution >= 0.6 is 0 Å². The minimum Gasteiger partial charge on any atom is -0.354 e. The van der Waals surface area contributed by atoms with Crippen LogP contribution in [0.15, 0.2) is 18.5 Å². The molecule has 0 bridgehead atoms. The van der Waals surface area contributed by atoms with Crippen molar-refractivity contribution in [2.75, 3.05) is 23.8 Å². The van der Waals surface area contributed by atoms with E-state index in [0.717, 1.165) is 6.54 Å². The maximum Gasteiger partial charge on any atom is 0.257 e. The van der Waals surface area contributed by atoms with Gasteiger partial charge in [-0.05, 0) is 25.8 Å². The monoisotopic (exact) mass is 259 g/mol. The van der Waals surface area contributed by atoms with Crippen molar-refractivity contribution in [1.82, 2.24) is 24.7 Å². The van der Waals surface area contributed by atoms with Crippen LogP contribution in [0.1, 0.15) is 19.8 Å². The summed E-state index contributed by atoms with van der Waals surface area (Å²) >= 11 is 0. The van der Waals surface area contributed by atoms with E-state index in [1.54, 1.807) is 10.9 Å². The highest BCUT2D eigenvalue weighted by molar-refractivity contribution is 5.41. The molecule has 2 aromatic heterocycles. The summed E-state index contributed by atoms with van der Waals surface area (Å²) < 4.78 is 1.65. The number of hydrogen-bond acceptors (Lipinski definition) is 6. The number of nitrogens with one attached hydrogen (secondary N) is 1. The van der Waals surface area contributed by atoms with E-state index in [2.05, 4.69) is 30.3 Å². The largest absolute Gasteiger partial charge is 0.354 e. The maximum absolute atomic E-state index is 4.48. The molecule has 1 aliphatic rings. The molecule has 2 heterocycles. The number of nitrogens with zero attached hydrogens (tertiary/aromatic N) is 6. The Morgan fingerprint density at radius 3 is 2.84 bits per heavy atom. The fraction of sp³-hybridized carbons (Fsp3) is 0.500. The normalized spacial score (nSPS) is 14.4.